The second kappa shape index (κ2) is 3.51. The number of carbonyl (C=O) groups is 2. The molecule has 102 valence electrons. The highest BCUT2D eigenvalue weighted by Crippen LogP contribution is 2.60. The van der Waals surface area contributed by atoms with Crippen LogP contribution in [0.2, 0.25) is 0 Å². The molecule has 0 unspecified atom stereocenters. The monoisotopic (exact) mass is 269 g/mol. The van der Waals surface area contributed by atoms with E-state index in [1.165, 1.54) is 17.0 Å². The van der Waals surface area contributed by atoms with E-state index in [0.717, 1.165) is 6.42 Å². The Hall–Kier alpha value is -2.10. The molecule has 20 heavy (non-hydrogen) atoms. The molecule has 1 saturated heterocycles. The van der Waals surface area contributed by atoms with Crippen LogP contribution in [0.5, 0.6) is 5.75 Å². The molecule has 0 aromatic heterocycles. The Morgan fingerprint density at radius 3 is 2.80 bits per heavy atom. The molecule has 1 aromatic rings. The summed E-state index contributed by atoms with van der Waals surface area (Å²) in [6, 6.07) is 6.33. The highest BCUT2D eigenvalue weighted by molar-refractivity contribution is 6.24. The second-order valence-corrected chi connectivity index (χ2v) is 6.15. The van der Waals surface area contributed by atoms with Gasteiger partial charge in [-0.05, 0) is 37.3 Å². The fourth-order valence-corrected chi connectivity index (χ4v) is 4.18. The van der Waals surface area contributed by atoms with Gasteiger partial charge in [0.05, 0.1) is 17.0 Å². The molecule has 0 radical (unpaired) electrons. The minimum absolute atomic E-state index is 0.0615. The van der Waals surface area contributed by atoms with E-state index in [4.69, 9.17) is 0 Å². The van der Waals surface area contributed by atoms with Crippen molar-refractivity contribution in [1.29, 1.82) is 0 Å². The number of hydrogen-bond donors (Lipinski definition) is 1. The number of phenols is 1. The van der Waals surface area contributed by atoms with E-state index in [1.54, 1.807) is 12.1 Å². The van der Waals surface area contributed by atoms with Gasteiger partial charge in [-0.15, -0.1) is 0 Å². The third-order valence-electron chi connectivity index (χ3n) is 5.20. The number of aromatic hydroxyl groups is 1. The van der Waals surface area contributed by atoms with E-state index < -0.39 is 5.41 Å². The van der Waals surface area contributed by atoms with Crippen LogP contribution in [0, 0.1) is 23.2 Å². The van der Waals surface area contributed by atoms with Crippen LogP contribution < -0.4 is 4.90 Å². The first-order valence-corrected chi connectivity index (χ1v) is 6.89. The normalized spacial score (nSPS) is 37.9. The van der Waals surface area contributed by atoms with Gasteiger partial charge in [-0.3, -0.25) is 9.59 Å². The van der Waals surface area contributed by atoms with Crippen molar-refractivity contribution < 1.29 is 14.7 Å². The lowest BCUT2D eigenvalue weighted by Crippen LogP contribution is -2.37. The number of phenolic OH excluding ortho intramolecular Hbond substituents is 1. The molecule has 1 aliphatic heterocycles. The summed E-state index contributed by atoms with van der Waals surface area (Å²) in [5.41, 5.74) is -0.142. The van der Waals surface area contributed by atoms with Gasteiger partial charge >= 0.3 is 0 Å². The standard InChI is InChI=1S/C16H15NO3/c1-16-10-6-5-9(7-10)13(16)14(19)17(15(16)20)11-3-2-4-12(18)8-11/h2-6,8-10,13,18H,7H2,1H3/t9-,10-,13+,16-/m0/s1. The Bertz CT molecular complexity index is 665. The molecular formula is C16H15NO3. The quantitative estimate of drug-likeness (QED) is 0.627. The third-order valence-corrected chi connectivity index (χ3v) is 5.20. The Morgan fingerprint density at radius 1 is 1.30 bits per heavy atom. The minimum atomic E-state index is -0.609. The highest BCUT2D eigenvalue weighted by Gasteiger charge is 2.67. The average molecular weight is 269 g/mol. The van der Waals surface area contributed by atoms with Crippen molar-refractivity contribution in [2.24, 2.45) is 23.2 Å². The summed E-state index contributed by atoms with van der Waals surface area (Å²) in [5.74, 6) is -0.0892. The lowest BCUT2D eigenvalue weighted by Gasteiger charge is -2.28. The van der Waals surface area contributed by atoms with Crippen LogP contribution >= 0.6 is 0 Å². The number of amides is 2. The molecule has 4 atom stereocenters. The first-order chi connectivity index (χ1) is 9.53. The maximum Gasteiger partial charge on any atom is 0.241 e. The smallest absolute Gasteiger partial charge is 0.241 e. The number of carbonyl (C=O) groups excluding carboxylic acids is 2. The number of anilines is 1. The van der Waals surface area contributed by atoms with Gasteiger partial charge in [0.2, 0.25) is 11.8 Å². The van der Waals surface area contributed by atoms with Crippen LogP contribution in [0.1, 0.15) is 13.3 Å². The molecule has 4 rings (SSSR count). The number of benzene rings is 1. The fourth-order valence-electron chi connectivity index (χ4n) is 4.18. The highest BCUT2D eigenvalue weighted by atomic mass is 16.3. The van der Waals surface area contributed by atoms with Crippen LogP contribution in [0.4, 0.5) is 5.69 Å². The largest absolute Gasteiger partial charge is 0.508 e. The van der Waals surface area contributed by atoms with Crippen molar-refractivity contribution >= 4 is 17.5 Å². The van der Waals surface area contributed by atoms with Gasteiger partial charge < -0.3 is 5.11 Å². The van der Waals surface area contributed by atoms with Crippen molar-refractivity contribution in [2.75, 3.05) is 4.90 Å². The number of nitrogens with zero attached hydrogens (tertiary/aromatic N) is 1. The predicted molar refractivity (Wildman–Crippen MR) is 72.9 cm³/mol. The van der Waals surface area contributed by atoms with Gasteiger partial charge in [-0.25, -0.2) is 4.90 Å². The van der Waals surface area contributed by atoms with Crippen molar-refractivity contribution in [3.05, 3.63) is 36.4 Å². The number of rotatable bonds is 1. The van der Waals surface area contributed by atoms with Gasteiger partial charge in [0.1, 0.15) is 5.75 Å². The van der Waals surface area contributed by atoms with Crippen molar-refractivity contribution in [3.8, 4) is 5.75 Å². The molecule has 2 aliphatic carbocycles. The van der Waals surface area contributed by atoms with Gasteiger partial charge in [-0.2, -0.15) is 0 Å². The van der Waals surface area contributed by atoms with E-state index >= 15 is 0 Å². The van der Waals surface area contributed by atoms with Crippen LogP contribution in [0.15, 0.2) is 36.4 Å². The number of imide groups is 1. The SMILES string of the molecule is C[C@@]12C(=O)N(c3cccc(O)c3)C(=O)[C@H]1[C@H]1C=C[C@H]2C1. The van der Waals surface area contributed by atoms with E-state index in [-0.39, 0.29) is 35.3 Å². The van der Waals surface area contributed by atoms with E-state index in [1.807, 2.05) is 6.92 Å². The summed E-state index contributed by atoms with van der Waals surface area (Å²) >= 11 is 0. The zero-order chi connectivity index (χ0) is 14.1. The zero-order valence-corrected chi connectivity index (χ0v) is 11.1. The van der Waals surface area contributed by atoms with Crippen molar-refractivity contribution in [2.45, 2.75) is 13.3 Å². The van der Waals surface area contributed by atoms with Gasteiger partial charge in [0, 0.05) is 6.07 Å². The minimum Gasteiger partial charge on any atom is -0.508 e. The first-order valence-electron chi connectivity index (χ1n) is 6.89. The number of allylic oxidation sites excluding steroid dienone is 2. The Kier molecular flexibility index (Phi) is 2.05. The molecule has 1 saturated carbocycles. The third kappa shape index (κ3) is 1.17. The molecule has 1 aromatic carbocycles. The average Bonchev–Trinajstić information content (AvgIpc) is 3.03. The molecule has 2 bridgehead atoms. The lowest BCUT2D eigenvalue weighted by molar-refractivity contribution is -0.127. The Morgan fingerprint density at radius 2 is 2.10 bits per heavy atom. The molecule has 4 nitrogen and oxygen atoms in total. The summed E-state index contributed by atoms with van der Waals surface area (Å²) < 4.78 is 0. The predicted octanol–water partition coefficient (Wildman–Crippen LogP) is 2.09. The van der Waals surface area contributed by atoms with E-state index in [2.05, 4.69) is 12.2 Å². The molecule has 0 spiro atoms. The maximum absolute atomic E-state index is 12.8. The molecule has 4 heteroatoms. The zero-order valence-electron chi connectivity index (χ0n) is 11.1. The molecular weight excluding hydrogens is 254 g/mol. The number of fused-ring (bicyclic) bond motifs is 5. The van der Waals surface area contributed by atoms with Crippen LogP contribution in [0.3, 0.4) is 0 Å². The summed E-state index contributed by atoms with van der Waals surface area (Å²) in [7, 11) is 0. The van der Waals surface area contributed by atoms with Gasteiger partial charge in [-0.1, -0.05) is 18.2 Å². The topological polar surface area (TPSA) is 57.6 Å². The summed E-state index contributed by atoms with van der Waals surface area (Å²) in [6.07, 6.45) is 5.07. The summed E-state index contributed by atoms with van der Waals surface area (Å²) in [4.78, 5) is 26.8. The van der Waals surface area contributed by atoms with Crippen LogP contribution in [0.25, 0.3) is 0 Å². The molecule has 2 fully saturated rings. The van der Waals surface area contributed by atoms with E-state index in [0.29, 0.717) is 5.69 Å². The van der Waals surface area contributed by atoms with E-state index in [9.17, 15) is 14.7 Å². The summed E-state index contributed by atoms with van der Waals surface area (Å²) in [5, 5.41) is 9.57. The molecule has 2 amide bonds. The first kappa shape index (κ1) is 11.7. The van der Waals surface area contributed by atoms with Crippen LogP contribution in [-0.4, -0.2) is 16.9 Å². The molecule has 1 heterocycles. The molecule has 3 aliphatic rings. The summed E-state index contributed by atoms with van der Waals surface area (Å²) in [6.45, 7) is 1.91. The van der Waals surface area contributed by atoms with Crippen LogP contribution in [-0.2, 0) is 9.59 Å². The molecule has 1 N–H and O–H groups in total. The van der Waals surface area contributed by atoms with Crippen molar-refractivity contribution in [1.82, 2.24) is 0 Å². The van der Waals surface area contributed by atoms with Gasteiger partial charge in [0.25, 0.3) is 0 Å². The fraction of sp³-hybridized carbons (Fsp3) is 0.375. The maximum atomic E-state index is 12.8. The van der Waals surface area contributed by atoms with Gasteiger partial charge in [0.15, 0.2) is 0 Å². The Labute approximate surface area is 116 Å². The lowest BCUT2D eigenvalue weighted by atomic mass is 9.71. The second-order valence-electron chi connectivity index (χ2n) is 6.15. The Balaban J connectivity index is 1.82. The number of hydrogen-bond acceptors (Lipinski definition) is 3. The van der Waals surface area contributed by atoms with Crippen molar-refractivity contribution in [3.63, 3.8) is 0 Å².